The number of benzene rings is 1. The molecule has 1 aromatic rings. The van der Waals surface area contributed by atoms with Crippen LogP contribution in [0.1, 0.15) is 25.0 Å². The van der Waals surface area contributed by atoms with Crippen LogP contribution in [0.25, 0.3) is 0 Å². The predicted molar refractivity (Wildman–Crippen MR) is 67.0 cm³/mol. The van der Waals surface area contributed by atoms with E-state index in [0.717, 1.165) is 0 Å². The Labute approximate surface area is 107 Å². The Balaban J connectivity index is 2.89. The van der Waals surface area contributed by atoms with Crippen LogP contribution in [0.3, 0.4) is 0 Å². The number of sulfonamides is 1. The molecule has 0 aliphatic heterocycles. The SMILES string of the molecule is Cc1cc(C#N)ccc1S(=O)(=O)NOCC(C)C. The van der Waals surface area contributed by atoms with Crippen LogP contribution in [0.4, 0.5) is 0 Å². The standard InChI is InChI=1S/C12H16N2O3S/c1-9(2)8-17-14-18(15,16)12-5-4-11(7-13)6-10(12)3/h4-6,9,14H,8H2,1-3H3. The zero-order valence-corrected chi connectivity index (χ0v) is 11.4. The summed E-state index contributed by atoms with van der Waals surface area (Å²) in [6, 6.07) is 6.34. The normalized spacial score (nSPS) is 11.5. The molecule has 5 nitrogen and oxygen atoms in total. The summed E-state index contributed by atoms with van der Waals surface area (Å²) in [5.41, 5.74) is 0.934. The highest BCUT2D eigenvalue weighted by atomic mass is 32.2. The molecule has 1 N–H and O–H groups in total. The molecule has 0 atom stereocenters. The third-order valence-corrected chi connectivity index (χ3v) is 3.55. The summed E-state index contributed by atoms with van der Waals surface area (Å²) in [7, 11) is -3.69. The molecule has 0 saturated heterocycles. The Morgan fingerprint density at radius 3 is 2.61 bits per heavy atom. The molecule has 1 rings (SSSR count). The summed E-state index contributed by atoms with van der Waals surface area (Å²) in [4.78, 5) is 7.11. The van der Waals surface area contributed by atoms with Gasteiger partial charge in [0.25, 0.3) is 10.0 Å². The van der Waals surface area contributed by atoms with Crippen LogP contribution in [0.15, 0.2) is 23.1 Å². The first-order valence-electron chi connectivity index (χ1n) is 5.51. The van der Waals surface area contributed by atoms with E-state index in [2.05, 4.69) is 4.89 Å². The summed E-state index contributed by atoms with van der Waals surface area (Å²) in [5.74, 6) is 0.231. The van der Waals surface area contributed by atoms with E-state index in [1.54, 1.807) is 6.92 Å². The summed E-state index contributed by atoms with van der Waals surface area (Å²) in [6.07, 6.45) is 0. The van der Waals surface area contributed by atoms with Gasteiger partial charge in [-0.25, -0.2) is 8.42 Å². The van der Waals surface area contributed by atoms with Gasteiger partial charge in [-0.2, -0.15) is 5.26 Å². The zero-order valence-electron chi connectivity index (χ0n) is 10.6. The second-order valence-electron chi connectivity index (χ2n) is 4.38. The molecular weight excluding hydrogens is 252 g/mol. The molecule has 98 valence electrons. The average Bonchev–Trinajstić information content (AvgIpc) is 2.27. The lowest BCUT2D eigenvalue weighted by atomic mass is 10.2. The molecule has 0 spiro atoms. The fourth-order valence-corrected chi connectivity index (χ4v) is 2.39. The maximum absolute atomic E-state index is 11.9. The van der Waals surface area contributed by atoms with Crippen molar-refractivity contribution in [1.82, 2.24) is 4.89 Å². The Kier molecular flexibility index (Phi) is 4.84. The Hall–Kier alpha value is -1.42. The van der Waals surface area contributed by atoms with Crippen molar-refractivity contribution in [3.8, 4) is 6.07 Å². The van der Waals surface area contributed by atoms with Gasteiger partial charge in [-0.3, -0.25) is 4.84 Å². The van der Waals surface area contributed by atoms with E-state index in [1.165, 1.54) is 18.2 Å². The number of nitriles is 1. The number of nitrogens with zero attached hydrogens (tertiary/aromatic N) is 1. The molecule has 0 aromatic heterocycles. The topological polar surface area (TPSA) is 79.2 Å². The first-order valence-corrected chi connectivity index (χ1v) is 6.99. The molecule has 6 heteroatoms. The number of hydrogen-bond donors (Lipinski definition) is 1. The van der Waals surface area contributed by atoms with Gasteiger partial charge in [0, 0.05) is 0 Å². The van der Waals surface area contributed by atoms with E-state index in [0.29, 0.717) is 17.7 Å². The maximum Gasteiger partial charge on any atom is 0.262 e. The highest BCUT2D eigenvalue weighted by molar-refractivity contribution is 7.89. The predicted octanol–water partition coefficient (Wildman–Crippen LogP) is 1.73. The number of aryl methyl sites for hydroxylation is 1. The van der Waals surface area contributed by atoms with Crippen molar-refractivity contribution in [2.75, 3.05) is 6.61 Å². The van der Waals surface area contributed by atoms with E-state index in [4.69, 9.17) is 10.1 Å². The number of nitrogens with one attached hydrogen (secondary N) is 1. The lowest BCUT2D eigenvalue weighted by Gasteiger charge is -2.10. The van der Waals surface area contributed by atoms with Crippen molar-refractivity contribution < 1.29 is 13.3 Å². The van der Waals surface area contributed by atoms with Crippen molar-refractivity contribution in [2.45, 2.75) is 25.7 Å². The largest absolute Gasteiger partial charge is 0.287 e. The average molecular weight is 268 g/mol. The van der Waals surface area contributed by atoms with Crippen molar-refractivity contribution in [3.63, 3.8) is 0 Å². The van der Waals surface area contributed by atoms with Crippen LogP contribution in [-0.4, -0.2) is 15.0 Å². The third kappa shape index (κ3) is 3.81. The summed E-state index contributed by atoms with van der Waals surface area (Å²) >= 11 is 0. The van der Waals surface area contributed by atoms with E-state index < -0.39 is 10.0 Å². The molecule has 0 amide bonds. The monoisotopic (exact) mass is 268 g/mol. The quantitative estimate of drug-likeness (QED) is 0.825. The fourth-order valence-electron chi connectivity index (χ4n) is 1.34. The summed E-state index contributed by atoms with van der Waals surface area (Å²) in [5, 5.41) is 8.72. The third-order valence-electron chi connectivity index (χ3n) is 2.18. The Morgan fingerprint density at radius 2 is 2.11 bits per heavy atom. The van der Waals surface area contributed by atoms with Crippen LogP contribution in [-0.2, 0) is 14.9 Å². The van der Waals surface area contributed by atoms with Gasteiger partial charge in [-0.1, -0.05) is 18.7 Å². The molecule has 0 saturated carbocycles. The summed E-state index contributed by atoms with van der Waals surface area (Å²) < 4.78 is 23.8. The highest BCUT2D eigenvalue weighted by Crippen LogP contribution is 2.16. The lowest BCUT2D eigenvalue weighted by Crippen LogP contribution is -2.26. The molecule has 1 aromatic carbocycles. The maximum atomic E-state index is 11.9. The van der Waals surface area contributed by atoms with Gasteiger partial charge in [0.15, 0.2) is 0 Å². The highest BCUT2D eigenvalue weighted by Gasteiger charge is 2.17. The minimum absolute atomic E-state index is 0.116. The van der Waals surface area contributed by atoms with E-state index in [9.17, 15) is 8.42 Å². The molecule has 0 radical (unpaired) electrons. The van der Waals surface area contributed by atoms with E-state index in [1.807, 2.05) is 19.9 Å². The molecule has 0 aliphatic rings. The van der Waals surface area contributed by atoms with Gasteiger partial charge in [-0.15, -0.1) is 0 Å². The molecule has 0 unspecified atom stereocenters. The van der Waals surface area contributed by atoms with Gasteiger partial charge < -0.3 is 0 Å². The molecular formula is C12H16N2O3S. The van der Waals surface area contributed by atoms with Crippen molar-refractivity contribution in [1.29, 1.82) is 5.26 Å². The van der Waals surface area contributed by atoms with E-state index >= 15 is 0 Å². The molecule has 0 aliphatic carbocycles. The van der Waals surface area contributed by atoms with Crippen LogP contribution in [0, 0.1) is 24.2 Å². The zero-order chi connectivity index (χ0) is 13.8. The Morgan fingerprint density at radius 1 is 1.44 bits per heavy atom. The molecule has 0 fully saturated rings. The van der Waals surface area contributed by atoms with Crippen LogP contribution in [0.2, 0.25) is 0 Å². The summed E-state index contributed by atoms with van der Waals surface area (Å²) in [6.45, 7) is 5.77. The van der Waals surface area contributed by atoms with Crippen molar-refractivity contribution in [2.24, 2.45) is 5.92 Å². The first kappa shape index (κ1) is 14.6. The van der Waals surface area contributed by atoms with Gasteiger partial charge in [0.2, 0.25) is 0 Å². The Bertz CT molecular complexity index is 559. The van der Waals surface area contributed by atoms with E-state index in [-0.39, 0.29) is 10.8 Å². The number of rotatable bonds is 5. The van der Waals surface area contributed by atoms with Crippen LogP contribution in [0.5, 0.6) is 0 Å². The first-order chi connectivity index (χ1) is 8.36. The number of hydrogen-bond acceptors (Lipinski definition) is 4. The minimum Gasteiger partial charge on any atom is -0.287 e. The van der Waals surface area contributed by atoms with Gasteiger partial charge >= 0.3 is 0 Å². The fraction of sp³-hybridized carbons (Fsp3) is 0.417. The van der Waals surface area contributed by atoms with Gasteiger partial charge in [0.1, 0.15) is 0 Å². The van der Waals surface area contributed by atoms with Crippen LogP contribution < -0.4 is 4.89 Å². The smallest absolute Gasteiger partial charge is 0.262 e. The molecule has 0 bridgehead atoms. The van der Waals surface area contributed by atoms with Crippen LogP contribution >= 0.6 is 0 Å². The van der Waals surface area contributed by atoms with Gasteiger partial charge in [-0.05, 0) is 36.6 Å². The van der Waals surface area contributed by atoms with Gasteiger partial charge in [0.05, 0.1) is 23.1 Å². The second kappa shape index (κ2) is 5.96. The molecule has 18 heavy (non-hydrogen) atoms. The second-order valence-corrected chi connectivity index (χ2v) is 6.00. The molecule has 0 heterocycles. The van der Waals surface area contributed by atoms with Crippen molar-refractivity contribution >= 4 is 10.0 Å². The minimum atomic E-state index is -3.69. The lowest BCUT2D eigenvalue weighted by molar-refractivity contribution is 0.0718. The van der Waals surface area contributed by atoms with Crippen molar-refractivity contribution in [3.05, 3.63) is 29.3 Å².